The number of aryl methyl sites for hydroxylation is 2. The van der Waals surface area contributed by atoms with Crippen LogP contribution in [-0.4, -0.2) is 34.6 Å². The molecule has 1 amide bonds. The third-order valence-electron chi connectivity index (χ3n) is 3.73. The number of aliphatic hydroxyl groups is 1. The SMILES string of the molecule is Cc1ccc(CC(=O)N2CCC(C)(O)C2)cc1C. The van der Waals surface area contributed by atoms with E-state index in [1.54, 1.807) is 11.8 Å². The van der Waals surface area contributed by atoms with Gasteiger partial charge in [-0.15, -0.1) is 0 Å². The van der Waals surface area contributed by atoms with E-state index in [1.165, 1.54) is 11.1 Å². The fourth-order valence-corrected chi connectivity index (χ4v) is 2.36. The predicted molar refractivity (Wildman–Crippen MR) is 71.4 cm³/mol. The highest BCUT2D eigenvalue weighted by Gasteiger charge is 2.33. The van der Waals surface area contributed by atoms with Gasteiger partial charge in [0.25, 0.3) is 0 Å². The van der Waals surface area contributed by atoms with Gasteiger partial charge in [-0.25, -0.2) is 0 Å². The van der Waals surface area contributed by atoms with Crippen LogP contribution in [0.25, 0.3) is 0 Å². The minimum atomic E-state index is -0.709. The Bertz CT molecular complexity index is 466. The smallest absolute Gasteiger partial charge is 0.227 e. The van der Waals surface area contributed by atoms with Crippen LogP contribution in [0.2, 0.25) is 0 Å². The summed E-state index contributed by atoms with van der Waals surface area (Å²) in [5.41, 5.74) is 2.80. The summed E-state index contributed by atoms with van der Waals surface area (Å²) in [7, 11) is 0. The predicted octanol–water partition coefficient (Wildman–Crippen LogP) is 1.83. The molecule has 0 aromatic heterocycles. The summed E-state index contributed by atoms with van der Waals surface area (Å²) in [5.74, 6) is 0.107. The van der Waals surface area contributed by atoms with Crippen LogP contribution in [0.3, 0.4) is 0 Å². The second-order valence-electron chi connectivity index (χ2n) is 5.66. The van der Waals surface area contributed by atoms with Gasteiger partial charge >= 0.3 is 0 Å². The first-order valence-electron chi connectivity index (χ1n) is 6.44. The molecule has 0 aliphatic carbocycles. The molecule has 98 valence electrons. The topological polar surface area (TPSA) is 40.5 Å². The van der Waals surface area contributed by atoms with E-state index in [9.17, 15) is 9.90 Å². The molecule has 3 nitrogen and oxygen atoms in total. The molecule has 1 N–H and O–H groups in total. The molecule has 0 spiro atoms. The van der Waals surface area contributed by atoms with Crippen molar-refractivity contribution in [1.82, 2.24) is 4.90 Å². The molecule has 1 saturated heterocycles. The molecule has 1 unspecified atom stereocenters. The molecule has 2 rings (SSSR count). The van der Waals surface area contributed by atoms with Crippen molar-refractivity contribution >= 4 is 5.91 Å². The van der Waals surface area contributed by atoms with Crippen LogP contribution in [0.5, 0.6) is 0 Å². The Morgan fingerprint density at radius 3 is 2.67 bits per heavy atom. The Balaban J connectivity index is 2.01. The third kappa shape index (κ3) is 2.91. The molecule has 3 heteroatoms. The number of nitrogens with zero attached hydrogens (tertiary/aromatic N) is 1. The second kappa shape index (κ2) is 4.73. The van der Waals surface area contributed by atoms with Crippen LogP contribution >= 0.6 is 0 Å². The van der Waals surface area contributed by atoms with Crippen LogP contribution < -0.4 is 0 Å². The molecular formula is C15H21NO2. The van der Waals surface area contributed by atoms with Crippen molar-refractivity contribution in [2.24, 2.45) is 0 Å². The maximum Gasteiger partial charge on any atom is 0.227 e. The Labute approximate surface area is 108 Å². The van der Waals surface area contributed by atoms with E-state index in [-0.39, 0.29) is 5.91 Å². The molecular weight excluding hydrogens is 226 g/mol. The number of hydrogen-bond acceptors (Lipinski definition) is 2. The minimum absolute atomic E-state index is 0.107. The molecule has 1 aromatic carbocycles. The number of carbonyl (C=O) groups is 1. The maximum absolute atomic E-state index is 12.1. The molecule has 0 radical (unpaired) electrons. The molecule has 1 atom stereocenters. The van der Waals surface area contributed by atoms with Crippen molar-refractivity contribution in [3.8, 4) is 0 Å². The van der Waals surface area contributed by atoms with Crippen LogP contribution in [0.15, 0.2) is 18.2 Å². The number of amides is 1. The summed E-state index contributed by atoms with van der Waals surface area (Å²) in [6.45, 7) is 7.03. The van der Waals surface area contributed by atoms with Gasteiger partial charge in [-0.05, 0) is 43.9 Å². The van der Waals surface area contributed by atoms with E-state index in [2.05, 4.69) is 26.0 Å². The number of β-amino-alcohol motifs (C(OH)–C–C–N with tert-alkyl or cyclic N) is 1. The molecule has 1 aliphatic heterocycles. The van der Waals surface area contributed by atoms with Gasteiger partial charge in [0.05, 0.1) is 12.0 Å². The van der Waals surface area contributed by atoms with E-state index in [4.69, 9.17) is 0 Å². The molecule has 18 heavy (non-hydrogen) atoms. The zero-order valence-corrected chi connectivity index (χ0v) is 11.4. The number of hydrogen-bond donors (Lipinski definition) is 1. The quantitative estimate of drug-likeness (QED) is 0.866. The average molecular weight is 247 g/mol. The van der Waals surface area contributed by atoms with Gasteiger partial charge in [-0.1, -0.05) is 18.2 Å². The summed E-state index contributed by atoms with van der Waals surface area (Å²) >= 11 is 0. The van der Waals surface area contributed by atoms with Crippen molar-refractivity contribution in [3.05, 3.63) is 34.9 Å². The second-order valence-corrected chi connectivity index (χ2v) is 5.66. The highest BCUT2D eigenvalue weighted by Crippen LogP contribution is 2.21. The Hall–Kier alpha value is -1.35. The lowest BCUT2D eigenvalue weighted by molar-refractivity contribution is -0.130. The van der Waals surface area contributed by atoms with E-state index in [1.807, 2.05) is 6.07 Å². The molecule has 1 fully saturated rings. The van der Waals surface area contributed by atoms with Crippen molar-refractivity contribution in [1.29, 1.82) is 0 Å². The molecule has 1 heterocycles. The van der Waals surface area contributed by atoms with E-state index in [0.717, 1.165) is 5.56 Å². The molecule has 0 saturated carbocycles. The summed E-state index contributed by atoms with van der Waals surface area (Å²) in [6, 6.07) is 6.13. The normalized spacial score (nSPS) is 23.4. The lowest BCUT2D eigenvalue weighted by Crippen LogP contribution is -2.34. The van der Waals surface area contributed by atoms with Crippen LogP contribution in [0, 0.1) is 13.8 Å². The Morgan fingerprint density at radius 2 is 2.11 bits per heavy atom. The van der Waals surface area contributed by atoms with Crippen molar-refractivity contribution < 1.29 is 9.90 Å². The number of benzene rings is 1. The lowest BCUT2D eigenvalue weighted by Gasteiger charge is -2.19. The largest absolute Gasteiger partial charge is 0.388 e. The van der Waals surface area contributed by atoms with E-state index >= 15 is 0 Å². The highest BCUT2D eigenvalue weighted by molar-refractivity contribution is 5.79. The summed E-state index contributed by atoms with van der Waals surface area (Å²) in [5, 5.41) is 9.87. The first-order valence-corrected chi connectivity index (χ1v) is 6.44. The fourth-order valence-electron chi connectivity index (χ4n) is 2.36. The van der Waals surface area contributed by atoms with Crippen LogP contribution in [0.4, 0.5) is 0 Å². The number of likely N-dealkylation sites (tertiary alicyclic amines) is 1. The summed E-state index contributed by atoms with van der Waals surface area (Å²) < 4.78 is 0. The minimum Gasteiger partial charge on any atom is -0.388 e. The van der Waals surface area contributed by atoms with Crippen molar-refractivity contribution in [2.45, 2.75) is 39.2 Å². The van der Waals surface area contributed by atoms with Gasteiger partial charge in [0.2, 0.25) is 5.91 Å². The van der Waals surface area contributed by atoms with Gasteiger partial charge in [0.1, 0.15) is 0 Å². The zero-order valence-electron chi connectivity index (χ0n) is 11.4. The van der Waals surface area contributed by atoms with Gasteiger partial charge in [0, 0.05) is 13.1 Å². The highest BCUT2D eigenvalue weighted by atomic mass is 16.3. The number of rotatable bonds is 2. The maximum atomic E-state index is 12.1. The average Bonchev–Trinajstić information content (AvgIpc) is 2.64. The van der Waals surface area contributed by atoms with E-state index in [0.29, 0.717) is 25.9 Å². The Kier molecular flexibility index (Phi) is 3.44. The van der Waals surface area contributed by atoms with Crippen molar-refractivity contribution in [2.75, 3.05) is 13.1 Å². The van der Waals surface area contributed by atoms with E-state index < -0.39 is 5.60 Å². The van der Waals surface area contributed by atoms with Gasteiger partial charge < -0.3 is 10.0 Å². The van der Waals surface area contributed by atoms with Gasteiger partial charge in [0.15, 0.2) is 0 Å². The first-order chi connectivity index (χ1) is 8.37. The van der Waals surface area contributed by atoms with Crippen molar-refractivity contribution in [3.63, 3.8) is 0 Å². The summed E-state index contributed by atoms with van der Waals surface area (Å²) in [4.78, 5) is 13.9. The number of carbonyl (C=O) groups excluding carboxylic acids is 1. The standard InChI is InChI=1S/C15H21NO2/c1-11-4-5-13(8-12(11)2)9-14(17)16-7-6-15(3,18)10-16/h4-5,8,18H,6-7,9-10H2,1-3H3. The van der Waals surface area contributed by atoms with Crippen LogP contribution in [-0.2, 0) is 11.2 Å². The Morgan fingerprint density at radius 1 is 1.39 bits per heavy atom. The zero-order chi connectivity index (χ0) is 13.3. The molecule has 1 aromatic rings. The molecule has 0 bridgehead atoms. The lowest BCUT2D eigenvalue weighted by atomic mass is 10.0. The summed E-state index contributed by atoms with van der Waals surface area (Å²) in [6.07, 6.45) is 1.10. The monoisotopic (exact) mass is 247 g/mol. The third-order valence-corrected chi connectivity index (χ3v) is 3.73. The molecule has 1 aliphatic rings. The van der Waals surface area contributed by atoms with Gasteiger partial charge in [-0.2, -0.15) is 0 Å². The fraction of sp³-hybridized carbons (Fsp3) is 0.533. The first kappa shape index (κ1) is 13.1. The van der Waals surface area contributed by atoms with Gasteiger partial charge in [-0.3, -0.25) is 4.79 Å². The van der Waals surface area contributed by atoms with Crippen LogP contribution in [0.1, 0.15) is 30.0 Å².